The summed E-state index contributed by atoms with van der Waals surface area (Å²) in [5.41, 5.74) is 4.68. The summed E-state index contributed by atoms with van der Waals surface area (Å²) >= 11 is 0. The minimum absolute atomic E-state index is 0.120. The van der Waals surface area contributed by atoms with Crippen LogP contribution >= 0.6 is 0 Å². The van der Waals surface area contributed by atoms with Crippen LogP contribution in [0.1, 0.15) is 34.6 Å². The van der Waals surface area contributed by atoms with Crippen molar-refractivity contribution in [1.82, 2.24) is 19.1 Å². The first kappa shape index (κ1) is 20.4. The van der Waals surface area contributed by atoms with Crippen molar-refractivity contribution < 1.29 is 4.74 Å². The molecule has 1 aliphatic heterocycles. The number of hydrogen-bond donors (Lipinski definition) is 1. The fraction of sp³-hybridized carbons (Fsp3) is 0.179. The van der Waals surface area contributed by atoms with Gasteiger partial charge in [0, 0.05) is 42.4 Å². The van der Waals surface area contributed by atoms with Crippen molar-refractivity contribution in [2.45, 2.75) is 32.4 Å². The molecule has 6 heteroatoms. The van der Waals surface area contributed by atoms with E-state index >= 15 is 0 Å². The number of hydrogen-bond acceptors (Lipinski definition) is 4. The summed E-state index contributed by atoms with van der Waals surface area (Å²) in [4.78, 5) is 8.80. The number of nitrogens with zero attached hydrogens (tertiary/aromatic N) is 4. The number of imidazole rings is 1. The molecule has 0 saturated heterocycles. The number of fused-ring (bicyclic) bond motifs is 4. The Bertz CT molecular complexity index is 1530. The third-order valence-corrected chi connectivity index (χ3v) is 6.58. The third kappa shape index (κ3) is 3.48. The van der Waals surface area contributed by atoms with E-state index in [-0.39, 0.29) is 5.92 Å². The molecule has 0 bridgehead atoms. The van der Waals surface area contributed by atoms with Crippen molar-refractivity contribution in [3.8, 4) is 11.6 Å². The Labute approximate surface area is 197 Å². The zero-order valence-electron chi connectivity index (χ0n) is 19.0. The highest BCUT2D eigenvalue weighted by Crippen LogP contribution is 2.47. The Kier molecular flexibility index (Phi) is 4.99. The lowest BCUT2D eigenvalue weighted by Crippen LogP contribution is -2.30. The number of aryl methyl sites for hydroxylation is 3. The van der Waals surface area contributed by atoms with Gasteiger partial charge in [-0.2, -0.15) is 0 Å². The summed E-state index contributed by atoms with van der Waals surface area (Å²) < 4.78 is 10.4. The molecular formula is C28H25N5O. The largest absolute Gasteiger partial charge is 0.438 e. The Morgan fingerprint density at radius 3 is 2.65 bits per heavy atom. The highest BCUT2D eigenvalue weighted by molar-refractivity contribution is 5.91. The summed E-state index contributed by atoms with van der Waals surface area (Å²) in [6.07, 6.45) is 8.18. The molecule has 1 aliphatic rings. The van der Waals surface area contributed by atoms with Crippen LogP contribution in [0.2, 0.25) is 0 Å². The molecule has 0 fully saturated rings. The van der Waals surface area contributed by atoms with Crippen molar-refractivity contribution in [2.24, 2.45) is 0 Å². The standard InChI is InChI=1S/C28H25N5O/c1-19-7-9-21(10-8-19)24-23-12-11-20-5-2-3-6-22(20)26(23)34-28-25(24)27(29)33(18-31-28)15-4-14-32-16-13-30-17-32/h2-3,5-13,16-18,24,29H,4,14-15H2,1H3/t24-/m1/s1. The van der Waals surface area contributed by atoms with Gasteiger partial charge in [0.2, 0.25) is 5.88 Å². The van der Waals surface area contributed by atoms with Crippen LogP contribution in [0, 0.1) is 12.3 Å². The average Bonchev–Trinajstić information content (AvgIpc) is 3.38. The maximum atomic E-state index is 9.13. The summed E-state index contributed by atoms with van der Waals surface area (Å²) in [6.45, 7) is 3.63. The van der Waals surface area contributed by atoms with Gasteiger partial charge in [-0.05, 0) is 24.3 Å². The Balaban J connectivity index is 1.47. The molecule has 0 radical (unpaired) electrons. The molecule has 0 unspecified atom stereocenters. The van der Waals surface area contributed by atoms with E-state index in [0.29, 0.717) is 17.9 Å². The molecule has 0 spiro atoms. The molecule has 0 amide bonds. The lowest BCUT2D eigenvalue weighted by molar-refractivity contribution is 0.423. The van der Waals surface area contributed by atoms with Crippen LogP contribution in [0.3, 0.4) is 0 Å². The molecule has 3 heterocycles. The van der Waals surface area contributed by atoms with Gasteiger partial charge >= 0.3 is 0 Å². The van der Waals surface area contributed by atoms with E-state index in [2.05, 4.69) is 65.0 Å². The molecule has 6 nitrogen and oxygen atoms in total. The van der Waals surface area contributed by atoms with Crippen LogP contribution in [-0.2, 0) is 13.1 Å². The zero-order valence-corrected chi connectivity index (χ0v) is 19.0. The highest BCUT2D eigenvalue weighted by Gasteiger charge is 2.33. The van der Waals surface area contributed by atoms with Crippen LogP contribution < -0.4 is 10.2 Å². The van der Waals surface area contributed by atoms with E-state index in [0.717, 1.165) is 46.2 Å². The molecule has 1 atom stereocenters. The zero-order chi connectivity index (χ0) is 23.1. The third-order valence-electron chi connectivity index (χ3n) is 6.58. The van der Waals surface area contributed by atoms with E-state index in [1.54, 1.807) is 12.5 Å². The Morgan fingerprint density at radius 1 is 0.971 bits per heavy atom. The van der Waals surface area contributed by atoms with E-state index < -0.39 is 0 Å². The summed E-state index contributed by atoms with van der Waals surface area (Å²) in [6, 6.07) is 21.1. The van der Waals surface area contributed by atoms with E-state index in [1.165, 1.54) is 5.56 Å². The predicted octanol–water partition coefficient (Wildman–Crippen LogP) is 5.40. The normalized spacial score (nSPS) is 14.4. The first-order valence-corrected chi connectivity index (χ1v) is 11.5. The van der Waals surface area contributed by atoms with E-state index in [9.17, 15) is 0 Å². The maximum Gasteiger partial charge on any atom is 0.228 e. The topological polar surface area (TPSA) is 68.7 Å². The smallest absolute Gasteiger partial charge is 0.228 e. The molecule has 0 saturated carbocycles. The summed E-state index contributed by atoms with van der Waals surface area (Å²) in [5, 5.41) is 11.3. The van der Waals surface area contributed by atoms with Crippen LogP contribution in [0.4, 0.5) is 0 Å². The summed E-state index contributed by atoms with van der Waals surface area (Å²) in [7, 11) is 0. The molecular weight excluding hydrogens is 422 g/mol. The maximum absolute atomic E-state index is 9.13. The van der Waals surface area contributed by atoms with Gasteiger partial charge in [-0.25, -0.2) is 9.97 Å². The van der Waals surface area contributed by atoms with Crippen LogP contribution in [0.25, 0.3) is 10.8 Å². The molecule has 168 valence electrons. The Morgan fingerprint density at radius 2 is 1.82 bits per heavy atom. The van der Waals surface area contributed by atoms with Gasteiger partial charge in [-0.3, -0.25) is 5.41 Å². The molecule has 5 aromatic rings. The first-order chi connectivity index (χ1) is 16.7. The fourth-order valence-electron chi connectivity index (χ4n) is 4.82. The molecule has 34 heavy (non-hydrogen) atoms. The number of benzene rings is 3. The number of aromatic nitrogens is 4. The molecule has 6 rings (SSSR count). The Hall–Kier alpha value is -4.19. The second-order valence-electron chi connectivity index (χ2n) is 8.81. The van der Waals surface area contributed by atoms with Gasteiger partial charge in [-0.1, -0.05) is 66.2 Å². The SMILES string of the molecule is Cc1ccc([C@@H]2c3ccc4ccccc4c3Oc3ncn(CCCn4ccnc4)c(=N)c32)cc1. The molecule has 1 N–H and O–H groups in total. The summed E-state index contributed by atoms with van der Waals surface area (Å²) in [5.74, 6) is 1.23. The van der Waals surface area contributed by atoms with E-state index in [1.807, 2.05) is 29.2 Å². The molecule has 2 aromatic heterocycles. The second kappa shape index (κ2) is 8.30. The highest BCUT2D eigenvalue weighted by atomic mass is 16.5. The molecule has 3 aromatic carbocycles. The monoisotopic (exact) mass is 447 g/mol. The second-order valence-corrected chi connectivity index (χ2v) is 8.81. The van der Waals surface area contributed by atoms with Crippen LogP contribution in [0.15, 0.2) is 85.7 Å². The van der Waals surface area contributed by atoms with Gasteiger partial charge in [0.25, 0.3) is 0 Å². The van der Waals surface area contributed by atoms with Crippen molar-refractivity contribution in [3.63, 3.8) is 0 Å². The van der Waals surface area contributed by atoms with Gasteiger partial charge < -0.3 is 13.9 Å². The minimum atomic E-state index is -0.120. The number of rotatable bonds is 5. The van der Waals surface area contributed by atoms with Crippen LogP contribution in [0.5, 0.6) is 11.6 Å². The van der Waals surface area contributed by atoms with Crippen molar-refractivity contribution in [1.29, 1.82) is 5.41 Å². The number of ether oxygens (including phenoxy) is 1. The van der Waals surface area contributed by atoms with Crippen molar-refractivity contribution in [2.75, 3.05) is 0 Å². The van der Waals surface area contributed by atoms with Crippen molar-refractivity contribution >= 4 is 10.8 Å². The average molecular weight is 448 g/mol. The lowest BCUT2D eigenvalue weighted by atomic mass is 9.82. The predicted molar refractivity (Wildman–Crippen MR) is 131 cm³/mol. The minimum Gasteiger partial charge on any atom is -0.438 e. The van der Waals surface area contributed by atoms with Crippen molar-refractivity contribution in [3.05, 3.63) is 113 Å². The van der Waals surface area contributed by atoms with Crippen LogP contribution in [-0.4, -0.2) is 19.1 Å². The van der Waals surface area contributed by atoms with Gasteiger partial charge in [0.15, 0.2) is 0 Å². The van der Waals surface area contributed by atoms with Gasteiger partial charge in [0.1, 0.15) is 17.6 Å². The lowest BCUT2D eigenvalue weighted by Gasteiger charge is -2.29. The first-order valence-electron chi connectivity index (χ1n) is 11.5. The number of nitrogens with one attached hydrogen (secondary N) is 1. The van der Waals surface area contributed by atoms with Gasteiger partial charge in [0.05, 0.1) is 11.9 Å². The van der Waals surface area contributed by atoms with E-state index in [4.69, 9.17) is 15.1 Å². The quantitative estimate of drug-likeness (QED) is 0.385. The fourth-order valence-corrected chi connectivity index (χ4v) is 4.82. The molecule has 0 aliphatic carbocycles. The van der Waals surface area contributed by atoms with Gasteiger partial charge in [-0.15, -0.1) is 0 Å².